The van der Waals surface area contributed by atoms with Gasteiger partial charge in [0, 0.05) is 12.4 Å². The summed E-state index contributed by atoms with van der Waals surface area (Å²) < 4.78 is 13.5. The summed E-state index contributed by atoms with van der Waals surface area (Å²) in [6, 6.07) is 1.91. The van der Waals surface area contributed by atoms with Crippen molar-refractivity contribution < 1.29 is 9.31 Å². The van der Waals surface area contributed by atoms with Crippen molar-refractivity contribution in [2.45, 2.75) is 45.4 Å². The maximum Gasteiger partial charge on any atom is 0.486 e. The summed E-state index contributed by atoms with van der Waals surface area (Å²) in [4.78, 5) is 0. The lowest BCUT2D eigenvalue weighted by molar-refractivity contribution is 0.00578. The lowest BCUT2D eigenvalue weighted by Gasteiger charge is -2.32. The van der Waals surface area contributed by atoms with Crippen LogP contribution < -0.4 is 0 Å². The van der Waals surface area contributed by atoms with Crippen LogP contribution in [0.5, 0.6) is 0 Å². The molecule has 0 saturated carbocycles. The van der Waals surface area contributed by atoms with Crippen LogP contribution in [0.15, 0.2) is 30.5 Å². The van der Waals surface area contributed by atoms with Gasteiger partial charge in [-0.15, -0.1) is 0 Å². The minimum absolute atomic E-state index is 0.268. The largest absolute Gasteiger partial charge is 0.486 e. The van der Waals surface area contributed by atoms with Crippen molar-refractivity contribution in [2.75, 3.05) is 0 Å². The van der Waals surface area contributed by atoms with Crippen molar-refractivity contribution in [1.29, 1.82) is 0 Å². The maximum absolute atomic E-state index is 5.84. The summed E-state index contributed by atoms with van der Waals surface area (Å²) in [6.45, 7) is 8.93. The summed E-state index contributed by atoms with van der Waals surface area (Å²) in [5, 5.41) is 4.12. The van der Waals surface area contributed by atoms with Gasteiger partial charge in [-0.25, -0.2) is 0 Å². The highest BCUT2D eigenvalue weighted by Gasteiger charge is 2.49. The van der Waals surface area contributed by atoms with Gasteiger partial charge < -0.3 is 9.31 Å². The van der Waals surface area contributed by atoms with Crippen molar-refractivity contribution in [2.24, 2.45) is 0 Å². The van der Waals surface area contributed by atoms with E-state index in [-0.39, 0.29) is 18.3 Å². The van der Waals surface area contributed by atoms with Gasteiger partial charge in [-0.1, -0.05) is 12.1 Å². The second-order valence-corrected chi connectivity index (χ2v) is 5.28. The molecule has 1 saturated heterocycles. The third kappa shape index (κ3) is 2.61. The molecule has 0 spiro atoms. The molecule has 0 aromatic carbocycles. The van der Waals surface area contributed by atoms with Crippen LogP contribution in [0.25, 0.3) is 0 Å². The summed E-state index contributed by atoms with van der Waals surface area (Å²) >= 11 is 0. The van der Waals surface area contributed by atoms with Gasteiger partial charge in [0.15, 0.2) is 0 Å². The number of hydrogen-bond acceptors (Lipinski definition) is 3. The van der Waals surface area contributed by atoms with Crippen molar-refractivity contribution >= 4 is 7.12 Å². The lowest BCUT2D eigenvalue weighted by atomic mass is 9.90. The van der Waals surface area contributed by atoms with Gasteiger partial charge >= 0.3 is 7.12 Å². The highest BCUT2D eigenvalue weighted by Crippen LogP contribution is 2.36. The second kappa shape index (κ2) is 4.31. The van der Waals surface area contributed by atoms with E-state index in [9.17, 15) is 0 Å². The number of rotatable bonds is 3. The first-order valence-electron chi connectivity index (χ1n) is 5.90. The number of hydrogen-bond donors (Lipinski definition) is 0. The van der Waals surface area contributed by atoms with E-state index in [1.807, 2.05) is 56.7 Å². The molecule has 0 unspecified atom stereocenters. The molecule has 1 aliphatic rings. The predicted octanol–water partition coefficient (Wildman–Crippen LogP) is 2.07. The second-order valence-electron chi connectivity index (χ2n) is 5.28. The van der Waals surface area contributed by atoms with E-state index in [4.69, 9.17) is 9.31 Å². The average molecular weight is 234 g/mol. The fraction of sp³-hybridized carbons (Fsp3) is 0.583. The Morgan fingerprint density at radius 2 is 1.88 bits per heavy atom. The molecule has 0 bridgehead atoms. The molecule has 5 heteroatoms. The summed E-state index contributed by atoms with van der Waals surface area (Å²) in [6.07, 6.45) is 5.70. The van der Waals surface area contributed by atoms with Crippen LogP contribution in [-0.2, 0) is 15.9 Å². The van der Waals surface area contributed by atoms with Crippen LogP contribution in [0.2, 0.25) is 0 Å². The monoisotopic (exact) mass is 234 g/mol. The number of allylic oxidation sites excluding steroid dienone is 1. The highest BCUT2D eigenvalue weighted by molar-refractivity contribution is 6.51. The Morgan fingerprint density at radius 3 is 2.41 bits per heavy atom. The molecule has 0 aliphatic carbocycles. The Kier molecular flexibility index (Phi) is 3.14. The average Bonchev–Trinajstić information content (AvgIpc) is 2.74. The van der Waals surface area contributed by atoms with Gasteiger partial charge in [0.1, 0.15) is 0 Å². The van der Waals surface area contributed by atoms with Crippen LogP contribution in [0.3, 0.4) is 0 Å². The van der Waals surface area contributed by atoms with E-state index >= 15 is 0 Å². The van der Waals surface area contributed by atoms with E-state index in [1.54, 1.807) is 6.20 Å². The summed E-state index contributed by atoms with van der Waals surface area (Å²) in [5.74, 6) is 1.94. The van der Waals surface area contributed by atoms with E-state index in [2.05, 4.69) is 5.10 Å². The standard InChI is InChI=1S/C12H19BN2O2/c1-11(2)12(3,4)17-13(16-11)7-5-9-15-10-6-8-14-15/h5-8,10H,9H2,1-4H3. The third-order valence-electron chi connectivity index (χ3n) is 3.42. The first-order valence-corrected chi connectivity index (χ1v) is 5.90. The molecular formula is C12H19BN2O2. The Labute approximate surface area is 103 Å². The molecule has 2 heterocycles. The molecule has 92 valence electrons. The van der Waals surface area contributed by atoms with E-state index in [0.717, 1.165) is 6.54 Å². The lowest BCUT2D eigenvalue weighted by Crippen LogP contribution is -2.41. The molecular weight excluding hydrogens is 215 g/mol. The van der Waals surface area contributed by atoms with Gasteiger partial charge in [0.25, 0.3) is 0 Å². The van der Waals surface area contributed by atoms with Crippen molar-refractivity contribution in [1.82, 2.24) is 9.78 Å². The molecule has 1 aromatic rings. The molecule has 0 N–H and O–H groups in total. The fourth-order valence-corrected chi connectivity index (χ4v) is 1.66. The SMILES string of the molecule is CC1(C)OB(C=CCn2cccn2)OC1(C)C. The van der Waals surface area contributed by atoms with Gasteiger partial charge in [-0.05, 0) is 33.8 Å². The Balaban J connectivity index is 1.91. The van der Waals surface area contributed by atoms with Gasteiger partial charge in [0.2, 0.25) is 0 Å². The topological polar surface area (TPSA) is 36.3 Å². The molecule has 1 aromatic heterocycles. The van der Waals surface area contributed by atoms with Crippen molar-refractivity contribution in [3.8, 4) is 0 Å². The smallest absolute Gasteiger partial charge is 0.400 e. The molecule has 4 nitrogen and oxygen atoms in total. The minimum atomic E-state index is -0.270. The molecule has 1 fully saturated rings. The fourth-order valence-electron chi connectivity index (χ4n) is 1.66. The highest BCUT2D eigenvalue weighted by atomic mass is 16.7. The third-order valence-corrected chi connectivity index (χ3v) is 3.42. The normalized spacial score (nSPS) is 22.5. The van der Waals surface area contributed by atoms with Gasteiger partial charge in [-0.3, -0.25) is 4.68 Å². The Morgan fingerprint density at radius 1 is 1.24 bits per heavy atom. The predicted molar refractivity (Wildman–Crippen MR) is 67.4 cm³/mol. The molecule has 0 radical (unpaired) electrons. The first kappa shape index (κ1) is 12.4. The maximum atomic E-state index is 5.84. The van der Waals surface area contributed by atoms with E-state index in [0.29, 0.717) is 0 Å². The van der Waals surface area contributed by atoms with Crippen molar-refractivity contribution in [3.05, 3.63) is 30.5 Å². The Bertz CT molecular complexity index is 383. The molecule has 0 amide bonds. The summed E-state index contributed by atoms with van der Waals surface area (Å²) in [7, 11) is -0.268. The summed E-state index contributed by atoms with van der Waals surface area (Å²) in [5.41, 5.74) is -0.540. The van der Waals surface area contributed by atoms with Crippen molar-refractivity contribution in [3.63, 3.8) is 0 Å². The van der Waals surface area contributed by atoms with Crippen LogP contribution in [0, 0.1) is 0 Å². The van der Waals surface area contributed by atoms with Gasteiger partial charge in [0.05, 0.1) is 17.7 Å². The Hall–Kier alpha value is -1.07. The van der Waals surface area contributed by atoms with Crippen LogP contribution in [-0.4, -0.2) is 28.1 Å². The molecule has 1 aliphatic heterocycles. The minimum Gasteiger partial charge on any atom is -0.400 e. The zero-order chi connectivity index (χ0) is 12.5. The molecule has 2 rings (SSSR count). The zero-order valence-corrected chi connectivity index (χ0v) is 10.9. The van der Waals surface area contributed by atoms with Gasteiger partial charge in [-0.2, -0.15) is 5.10 Å². The molecule has 17 heavy (non-hydrogen) atoms. The van der Waals surface area contributed by atoms with Crippen LogP contribution in [0.1, 0.15) is 27.7 Å². The zero-order valence-electron chi connectivity index (χ0n) is 10.9. The first-order chi connectivity index (χ1) is 7.91. The van der Waals surface area contributed by atoms with Crippen LogP contribution >= 0.6 is 0 Å². The quantitative estimate of drug-likeness (QED) is 0.751. The van der Waals surface area contributed by atoms with E-state index in [1.165, 1.54) is 0 Å². The molecule has 0 atom stereocenters. The number of aromatic nitrogens is 2. The number of nitrogens with zero attached hydrogens (tertiary/aromatic N) is 2. The van der Waals surface area contributed by atoms with Crippen LogP contribution in [0.4, 0.5) is 0 Å². The van der Waals surface area contributed by atoms with E-state index < -0.39 is 0 Å².